The zero-order valence-corrected chi connectivity index (χ0v) is 25.0. The van der Waals surface area contributed by atoms with Crippen molar-refractivity contribution in [2.75, 3.05) is 17.4 Å². The van der Waals surface area contributed by atoms with Crippen LogP contribution in [0.3, 0.4) is 0 Å². The molecule has 8 heteroatoms. The molecule has 0 aromatic heterocycles. The van der Waals surface area contributed by atoms with Crippen LogP contribution < -0.4 is 9.62 Å². The van der Waals surface area contributed by atoms with Gasteiger partial charge in [-0.3, -0.25) is 13.9 Å². The lowest BCUT2D eigenvalue weighted by Gasteiger charge is -2.33. The maximum Gasteiger partial charge on any atom is 0.264 e. The first-order valence-corrected chi connectivity index (χ1v) is 15.3. The maximum absolute atomic E-state index is 14.1. The summed E-state index contributed by atoms with van der Waals surface area (Å²) in [7, 11) is -4.08. The molecule has 0 aliphatic carbocycles. The van der Waals surface area contributed by atoms with Crippen LogP contribution >= 0.6 is 0 Å². The monoisotopic (exact) mass is 563 g/mol. The van der Waals surface area contributed by atoms with Gasteiger partial charge in [0.2, 0.25) is 11.8 Å². The molecule has 1 atom stereocenters. The Bertz CT molecular complexity index is 1390. The van der Waals surface area contributed by atoms with Gasteiger partial charge in [0.05, 0.1) is 10.6 Å². The highest BCUT2D eigenvalue weighted by atomic mass is 32.2. The number of benzene rings is 3. The van der Waals surface area contributed by atoms with Gasteiger partial charge in [-0.25, -0.2) is 8.42 Å². The molecule has 0 aliphatic heterocycles. The lowest BCUT2D eigenvalue weighted by atomic mass is 10.1. The minimum absolute atomic E-state index is 0.0946. The fourth-order valence-corrected chi connectivity index (χ4v) is 6.13. The second-order valence-electron chi connectivity index (χ2n) is 10.2. The molecule has 0 bridgehead atoms. The van der Waals surface area contributed by atoms with E-state index in [1.165, 1.54) is 21.3 Å². The Morgan fingerprint density at radius 1 is 0.875 bits per heavy atom. The largest absolute Gasteiger partial charge is 0.354 e. The van der Waals surface area contributed by atoms with E-state index in [9.17, 15) is 18.0 Å². The number of aryl methyl sites for hydroxylation is 3. The molecule has 3 rings (SSSR count). The molecule has 214 valence electrons. The first kappa shape index (κ1) is 30.9. The number of hydrogen-bond acceptors (Lipinski definition) is 4. The number of sulfonamides is 1. The molecule has 40 heavy (non-hydrogen) atoms. The average molecular weight is 564 g/mol. The Balaban J connectivity index is 2.05. The number of amides is 2. The van der Waals surface area contributed by atoms with Crippen molar-refractivity contribution in [3.8, 4) is 0 Å². The Kier molecular flexibility index (Phi) is 10.9. The molecule has 7 nitrogen and oxygen atoms in total. The van der Waals surface area contributed by atoms with E-state index in [1.807, 2.05) is 71.0 Å². The van der Waals surface area contributed by atoms with E-state index in [2.05, 4.69) is 5.32 Å². The molecule has 0 aliphatic rings. The van der Waals surface area contributed by atoms with E-state index in [-0.39, 0.29) is 17.3 Å². The van der Waals surface area contributed by atoms with E-state index in [0.29, 0.717) is 18.7 Å². The van der Waals surface area contributed by atoms with Crippen LogP contribution in [-0.4, -0.2) is 44.3 Å². The van der Waals surface area contributed by atoms with Crippen molar-refractivity contribution in [3.63, 3.8) is 0 Å². The van der Waals surface area contributed by atoms with Gasteiger partial charge in [0.25, 0.3) is 10.0 Å². The fraction of sp³-hybridized carbons (Fsp3) is 0.375. The predicted octanol–water partition coefficient (Wildman–Crippen LogP) is 5.53. The topological polar surface area (TPSA) is 86.8 Å². The number of rotatable bonds is 13. The van der Waals surface area contributed by atoms with Crippen LogP contribution in [0.2, 0.25) is 0 Å². The first-order valence-electron chi connectivity index (χ1n) is 13.9. The fourth-order valence-electron chi connectivity index (χ4n) is 4.63. The van der Waals surface area contributed by atoms with Gasteiger partial charge in [-0.05, 0) is 62.9 Å². The summed E-state index contributed by atoms with van der Waals surface area (Å²) in [4.78, 5) is 29.0. The van der Waals surface area contributed by atoms with Gasteiger partial charge < -0.3 is 10.2 Å². The third-order valence-corrected chi connectivity index (χ3v) is 8.69. The molecule has 3 aromatic carbocycles. The van der Waals surface area contributed by atoms with Crippen LogP contribution in [0.4, 0.5) is 5.69 Å². The summed E-state index contributed by atoms with van der Waals surface area (Å²) in [5.74, 6) is -0.682. The highest BCUT2D eigenvalue weighted by Crippen LogP contribution is 2.28. The zero-order valence-electron chi connectivity index (χ0n) is 24.2. The second kappa shape index (κ2) is 14.1. The van der Waals surface area contributed by atoms with E-state index < -0.39 is 28.5 Å². The molecule has 0 saturated heterocycles. The summed E-state index contributed by atoms with van der Waals surface area (Å²) >= 11 is 0. The highest BCUT2D eigenvalue weighted by molar-refractivity contribution is 7.92. The van der Waals surface area contributed by atoms with Crippen LogP contribution in [-0.2, 0) is 26.2 Å². The molecular weight excluding hydrogens is 522 g/mol. The van der Waals surface area contributed by atoms with E-state index >= 15 is 0 Å². The summed E-state index contributed by atoms with van der Waals surface area (Å²) in [6.07, 6.45) is 2.17. The number of carbonyl (C=O) groups excluding carboxylic acids is 2. The van der Waals surface area contributed by atoms with Gasteiger partial charge in [-0.2, -0.15) is 0 Å². The third kappa shape index (κ3) is 7.72. The number of hydrogen-bond donors (Lipinski definition) is 1. The lowest BCUT2D eigenvalue weighted by Crippen LogP contribution is -2.52. The molecule has 3 aromatic rings. The third-order valence-electron chi connectivity index (χ3n) is 6.92. The van der Waals surface area contributed by atoms with E-state index in [4.69, 9.17) is 0 Å². The van der Waals surface area contributed by atoms with Gasteiger partial charge in [-0.1, -0.05) is 86.0 Å². The van der Waals surface area contributed by atoms with Gasteiger partial charge in [0, 0.05) is 13.1 Å². The van der Waals surface area contributed by atoms with Gasteiger partial charge in [0.1, 0.15) is 12.6 Å². The van der Waals surface area contributed by atoms with Crippen molar-refractivity contribution in [1.29, 1.82) is 0 Å². The van der Waals surface area contributed by atoms with Crippen LogP contribution in [0.15, 0.2) is 77.7 Å². The SMILES string of the molecule is CCCCNC(=O)[C@@H](CC)N(Cc1ccc(C)cc1)C(=O)CN(c1ccc(C)cc1C)S(=O)(=O)c1ccccc1. The first-order chi connectivity index (χ1) is 19.1. The summed E-state index contributed by atoms with van der Waals surface area (Å²) in [6, 6.07) is 20.6. The highest BCUT2D eigenvalue weighted by Gasteiger charge is 2.34. The molecule has 0 saturated carbocycles. The molecule has 0 fully saturated rings. The molecular formula is C32H41N3O4S. The van der Waals surface area contributed by atoms with Crippen LogP contribution in [0.25, 0.3) is 0 Å². The Labute approximate surface area is 239 Å². The van der Waals surface area contributed by atoms with Crippen LogP contribution in [0.1, 0.15) is 55.4 Å². The molecule has 1 N–H and O–H groups in total. The van der Waals surface area contributed by atoms with Crippen molar-refractivity contribution in [2.24, 2.45) is 0 Å². The summed E-state index contributed by atoms with van der Waals surface area (Å²) in [6.45, 7) is 9.93. The lowest BCUT2D eigenvalue weighted by molar-refractivity contribution is -0.140. The minimum Gasteiger partial charge on any atom is -0.354 e. The van der Waals surface area contributed by atoms with Gasteiger partial charge >= 0.3 is 0 Å². The maximum atomic E-state index is 14.1. The molecule has 0 radical (unpaired) electrons. The van der Waals surface area contributed by atoms with Crippen molar-refractivity contribution in [1.82, 2.24) is 10.2 Å². The quantitative estimate of drug-likeness (QED) is 0.277. The second-order valence-corrected chi connectivity index (χ2v) is 12.1. The molecule has 2 amide bonds. The van der Waals surface area contributed by atoms with Crippen LogP contribution in [0, 0.1) is 20.8 Å². The molecule has 0 unspecified atom stereocenters. The smallest absolute Gasteiger partial charge is 0.264 e. The van der Waals surface area contributed by atoms with Crippen molar-refractivity contribution < 1.29 is 18.0 Å². The summed E-state index contributed by atoms with van der Waals surface area (Å²) < 4.78 is 29.1. The molecule has 0 heterocycles. The zero-order chi connectivity index (χ0) is 29.3. The minimum atomic E-state index is -4.08. The van der Waals surface area contributed by atoms with Crippen molar-refractivity contribution in [3.05, 3.63) is 95.1 Å². The van der Waals surface area contributed by atoms with Crippen molar-refractivity contribution in [2.45, 2.75) is 71.4 Å². The predicted molar refractivity (Wildman–Crippen MR) is 161 cm³/mol. The number of nitrogens with one attached hydrogen (secondary N) is 1. The number of unbranched alkanes of at least 4 members (excludes halogenated alkanes) is 1. The number of carbonyl (C=O) groups is 2. The van der Waals surface area contributed by atoms with Crippen molar-refractivity contribution >= 4 is 27.5 Å². The Morgan fingerprint density at radius 2 is 1.52 bits per heavy atom. The average Bonchev–Trinajstić information content (AvgIpc) is 2.93. The summed E-state index contributed by atoms with van der Waals surface area (Å²) in [5.41, 5.74) is 4.10. The van der Waals surface area contributed by atoms with Gasteiger partial charge in [-0.15, -0.1) is 0 Å². The molecule has 0 spiro atoms. The van der Waals surface area contributed by atoms with E-state index in [1.54, 1.807) is 24.3 Å². The Morgan fingerprint density at radius 3 is 2.12 bits per heavy atom. The Hall–Kier alpha value is -3.65. The van der Waals surface area contributed by atoms with Gasteiger partial charge in [0.15, 0.2) is 0 Å². The van der Waals surface area contributed by atoms with Crippen LogP contribution in [0.5, 0.6) is 0 Å². The summed E-state index contributed by atoms with van der Waals surface area (Å²) in [5, 5.41) is 2.96. The normalized spacial score (nSPS) is 12.0. The standard InChI is InChI=1S/C32H41N3O4S/c1-6-8-20-33-32(37)29(7-2)34(22-27-17-14-24(3)15-18-27)31(36)23-35(30-19-16-25(4)21-26(30)5)40(38,39)28-12-10-9-11-13-28/h9-19,21,29H,6-8,20,22-23H2,1-5H3,(H,33,37)/t29-/m1/s1. The number of nitrogens with zero attached hydrogens (tertiary/aromatic N) is 2. The van der Waals surface area contributed by atoms with E-state index in [0.717, 1.165) is 35.1 Å². The number of anilines is 1.